The lowest BCUT2D eigenvalue weighted by molar-refractivity contribution is -0.130. The second kappa shape index (κ2) is 9.24. The van der Waals surface area contributed by atoms with Crippen molar-refractivity contribution in [1.29, 1.82) is 0 Å². The van der Waals surface area contributed by atoms with Gasteiger partial charge < -0.3 is 14.4 Å². The van der Waals surface area contributed by atoms with Gasteiger partial charge >= 0.3 is 0 Å². The van der Waals surface area contributed by atoms with Gasteiger partial charge in [0, 0.05) is 12.6 Å². The highest BCUT2D eigenvalue weighted by molar-refractivity contribution is 5.80. The van der Waals surface area contributed by atoms with Crippen LogP contribution in [0.3, 0.4) is 0 Å². The van der Waals surface area contributed by atoms with Gasteiger partial charge in [0.25, 0.3) is 0 Å². The molecule has 0 aliphatic rings. The molecule has 0 bridgehead atoms. The maximum atomic E-state index is 13.4. The van der Waals surface area contributed by atoms with E-state index in [2.05, 4.69) is 0 Å². The van der Waals surface area contributed by atoms with Gasteiger partial charge in [-0.1, -0.05) is 42.5 Å². The molecule has 3 aromatic carbocycles. The van der Waals surface area contributed by atoms with E-state index in [1.807, 2.05) is 30.3 Å². The summed E-state index contributed by atoms with van der Waals surface area (Å²) < 4.78 is 24.1. The lowest BCUT2D eigenvalue weighted by atomic mass is 9.96. The van der Waals surface area contributed by atoms with Crippen molar-refractivity contribution in [2.75, 3.05) is 21.3 Å². The molecule has 1 amide bonds. The van der Waals surface area contributed by atoms with Gasteiger partial charge in [-0.05, 0) is 41.5 Å². The fourth-order valence-corrected chi connectivity index (χ4v) is 3.37. The van der Waals surface area contributed by atoms with Crippen LogP contribution in [-0.2, 0) is 11.2 Å². The molecule has 4 nitrogen and oxygen atoms in total. The van der Waals surface area contributed by atoms with Crippen LogP contribution >= 0.6 is 0 Å². The number of carbonyl (C=O) groups excluding carboxylic acids is 1. The zero-order valence-corrected chi connectivity index (χ0v) is 16.8. The van der Waals surface area contributed by atoms with Crippen molar-refractivity contribution in [2.45, 2.75) is 12.5 Å². The van der Waals surface area contributed by atoms with Crippen molar-refractivity contribution in [3.63, 3.8) is 0 Å². The van der Waals surface area contributed by atoms with Crippen LogP contribution in [0.4, 0.5) is 4.39 Å². The van der Waals surface area contributed by atoms with Crippen molar-refractivity contribution < 1.29 is 18.7 Å². The number of carbonyl (C=O) groups is 1. The van der Waals surface area contributed by atoms with Crippen LogP contribution in [0.2, 0.25) is 0 Å². The van der Waals surface area contributed by atoms with Gasteiger partial charge in [-0.3, -0.25) is 4.79 Å². The number of hydrogen-bond donors (Lipinski definition) is 0. The topological polar surface area (TPSA) is 38.8 Å². The molecule has 0 spiro atoms. The average Bonchev–Trinajstić information content (AvgIpc) is 2.75. The van der Waals surface area contributed by atoms with Crippen molar-refractivity contribution in [1.82, 2.24) is 4.90 Å². The largest absolute Gasteiger partial charge is 0.497 e. The molecule has 0 N–H and O–H groups in total. The Balaban J connectivity index is 1.93. The van der Waals surface area contributed by atoms with Crippen molar-refractivity contribution in [3.05, 3.63) is 95.3 Å². The van der Waals surface area contributed by atoms with E-state index in [-0.39, 0.29) is 24.2 Å². The number of methoxy groups -OCH3 is 2. The lowest BCUT2D eigenvalue weighted by Crippen LogP contribution is -2.33. The Morgan fingerprint density at radius 1 is 0.931 bits per heavy atom. The second-order valence-electron chi connectivity index (χ2n) is 6.72. The predicted octanol–water partition coefficient (Wildman–Crippen LogP) is 4.63. The van der Waals surface area contributed by atoms with Gasteiger partial charge in [0.05, 0.1) is 26.7 Å². The van der Waals surface area contributed by atoms with Crippen LogP contribution in [0.25, 0.3) is 0 Å². The first kappa shape index (κ1) is 20.4. The molecule has 3 aromatic rings. The van der Waals surface area contributed by atoms with E-state index >= 15 is 0 Å². The van der Waals surface area contributed by atoms with Gasteiger partial charge in [0.2, 0.25) is 5.91 Å². The molecule has 150 valence electrons. The fourth-order valence-electron chi connectivity index (χ4n) is 3.37. The van der Waals surface area contributed by atoms with E-state index in [9.17, 15) is 9.18 Å². The van der Waals surface area contributed by atoms with Crippen molar-refractivity contribution >= 4 is 5.91 Å². The van der Waals surface area contributed by atoms with E-state index < -0.39 is 0 Å². The fraction of sp³-hybridized carbons (Fsp3) is 0.208. The first-order valence-corrected chi connectivity index (χ1v) is 9.30. The van der Waals surface area contributed by atoms with Crippen LogP contribution in [0.5, 0.6) is 11.5 Å². The van der Waals surface area contributed by atoms with Gasteiger partial charge in [-0.15, -0.1) is 0 Å². The zero-order valence-electron chi connectivity index (χ0n) is 16.8. The van der Waals surface area contributed by atoms with Crippen molar-refractivity contribution in [3.8, 4) is 11.5 Å². The molecule has 0 aromatic heterocycles. The van der Waals surface area contributed by atoms with E-state index in [0.717, 1.165) is 16.7 Å². The number of hydrogen-bond acceptors (Lipinski definition) is 3. The van der Waals surface area contributed by atoms with Crippen molar-refractivity contribution in [2.24, 2.45) is 0 Å². The molecule has 0 saturated carbocycles. The molecule has 0 saturated heterocycles. The molecule has 29 heavy (non-hydrogen) atoms. The Morgan fingerprint density at radius 2 is 1.59 bits per heavy atom. The Labute approximate surface area is 170 Å². The maximum absolute atomic E-state index is 13.4. The summed E-state index contributed by atoms with van der Waals surface area (Å²) in [6.07, 6.45) is 0.154. The molecule has 0 aliphatic heterocycles. The predicted molar refractivity (Wildman–Crippen MR) is 111 cm³/mol. The van der Waals surface area contributed by atoms with Crippen LogP contribution in [-0.4, -0.2) is 32.1 Å². The van der Waals surface area contributed by atoms with Crippen LogP contribution in [0.15, 0.2) is 72.8 Å². The summed E-state index contributed by atoms with van der Waals surface area (Å²) in [4.78, 5) is 14.9. The van der Waals surface area contributed by atoms with Gasteiger partial charge in [0.15, 0.2) is 0 Å². The minimum absolute atomic E-state index is 0.0882. The zero-order chi connectivity index (χ0) is 20.8. The number of likely N-dealkylation sites (N-methyl/N-ethyl adjacent to an activating group) is 1. The molecule has 1 unspecified atom stereocenters. The first-order valence-electron chi connectivity index (χ1n) is 9.30. The van der Waals surface area contributed by atoms with Crippen LogP contribution < -0.4 is 9.47 Å². The Bertz CT molecular complexity index is 958. The standard InChI is InChI=1S/C24H24FNO3/c1-26(23(27)16-19-15-21(28-2)13-14-22(19)29-3)24(17-7-5-4-6-8-17)18-9-11-20(25)12-10-18/h4-15,24H,16H2,1-3H3. The molecule has 0 heterocycles. The molecule has 3 rings (SSSR count). The monoisotopic (exact) mass is 393 g/mol. The minimum atomic E-state index is -0.332. The summed E-state index contributed by atoms with van der Waals surface area (Å²) in [5, 5.41) is 0. The van der Waals surface area contributed by atoms with Gasteiger partial charge in [-0.2, -0.15) is 0 Å². The molecule has 0 aliphatic carbocycles. The number of nitrogens with zero attached hydrogens (tertiary/aromatic N) is 1. The molecular formula is C24H24FNO3. The average molecular weight is 393 g/mol. The minimum Gasteiger partial charge on any atom is -0.497 e. The molecular weight excluding hydrogens is 369 g/mol. The summed E-state index contributed by atoms with van der Waals surface area (Å²) in [6, 6.07) is 21.0. The summed E-state index contributed by atoms with van der Waals surface area (Å²) in [6.45, 7) is 0. The summed E-state index contributed by atoms with van der Waals surface area (Å²) in [5.41, 5.74) is 2.54. The quantitative estimate of drug-likeness (QED) is 0.587. The Hall–Kier alpha value is -3.34. The molecule has 0 fully saturated rings. The van der Waals surface area contributed by atoms with Crippen LogP contribution in [0.1, 0.15) is 22.7 Å². The second-order valence-corrected chi connectivity index (χ2v) is 6.72. The number of halogens is 1. The summed E-state index contributed by atoms with van der Waals surface area (Å²) in [7, 11) is 4.92. The first-order chi connectivity index (χ1) is 14.0. The van der Waals surface area contributed by atoms with Gasteiger partial charge in [0.1, 0.15) is 17.3 Å². The normalized spacial score (nSPS) is 11.6. The van der Waals surface area contributed by atoms with E-state index in [0.29, 0.717) is 11.5 Å². The Morgan fingerprint density at radius 3 is 2.21 bits per heavy atom. The summed E-state index contributed by atoms with van der Waals surface area (Å²) in [5.74, 6) is 0.894. The van der Waals surface area contributed by atoms with Gasteiger partial charge in [-0.25, -0.2) is 4.39 Å². The molecule has 5 heteroatoms. The van der Waals surface area contributed by atoms with E-state index in [4.69, 9.17) is 9.47 Å². The number of benzene rings is 3. The highest BCUT2D eigenvalue weighted by Crippen LogP contribution is 2.30. The van der Waals surface area contributed by atoms with E-state index in [1.165, 1.54) is 12.1 Å². The number of amides is 1. The SMILES string of the molecule is COc1ccc(OC)c(CC(=O)N(C)C(c2ccccc2)c2ccc(F)cc2)c1. The molecule has 0 radical (unpaired) electrons. The Kier molecular flexibility index (Phi) is 6.50. The highest BCUT2D eigenvalue weighted by atomic mass is 19.1. The number of rotatable bonds is 7. The maximum Gasteiger partial charge on any atom is 0.227 e. The smallest absolute Gasteiger partial charge is 0.227 e. The molecule has 1 atom stereocenters. The lowest BCUT2D eigenvalue weighted by Gasteiger charge is -2.29. The van der Waals surface area contributed by atoms with Crippen LogP contribution in [0, 0.1) is 5.82 Å². The third-order valence-corrected chi connectivity index (χ3v) is 4.91. The third-order valence-electron chi connectivity index (χ3n) is 4.91. The van der Waals surface area contributed by atoms with E-state index in [1.54, 1.807) is 56.5 Å². The summed E-state index contributed by atoms with van der Waals surface area (Å²) >= 11 is 0. The number of ether oxygens (including phenoxy) is 2. The highest BCUT2D eigenvalue weighted by Gasteiger charge is 2.24. The third kappa shape index (κ3) is 4.74.